The van der Waals surface area contributed by atoms with E-state index < -0.39 is 11.8 Å². The summed E-state index contributed by atoms with van der Waals surface area (Å²) in [7, 11) is 0. The van der Waals surface area contributed by atoms with Crippen LogP contribution in [0.2, 0.25) is 0 Å². The summed E-state index contributed by atoms with van der Waals surface area (Å²) in [6.45, 7) is 7.38. The first kappa shape index (κ1) is 29.8. The molecule has 0 bridgehead atoms. The summed E-state index contributed by atoms with van der Waals surface area (Å²) in [5.74, 6) is 2.75. The molecule has 230 valence electrons. The normalized spacial score (nSPS) is 14.0. The molecular formula is C34H33FN6O4. The number of carboxylic acid groups (broad SMARTS) is 1. The Morgan fingerprint density at radius 3 is 2.69 bits per heavy atom. The van der Waals surface area contributed by atoms with Crippen LogP contribution in [-0.2, 0) is 19.6 Å². The summed E-state index contributed by atoms with van der Waals surface area (Å²) >= 11 is 0. The van der Waals surface area contributed by atoms with E-state index in [1.165, 1.54) is 12.1 Å². The van der Waals surface area contributed by atoms with Gasteiger partial charge in [0.2, 0.25) is 5.88 Å². The van der Waals surface area contributed by atoms with Gasteiger partial charge in [-0.25, -0.2) is 24.1 Å². The summed E-state index contributed by atoms with van der Waals surface area (Å²) in [4.78, 5) is 27.7. The standard InChI is InChI=1S/C34H33FN6O4/c1-4-23-6-9-31(27(35)16-23)45-30-10-13-37-33(22(30)3)44-26-11-14-39(15-12-26)20-32-38-28-8-7-24(34(42)43)17-29(28)41(32)19-25-18-36-21-40(25)5-2/h1,6-10,13,16-18,21,26H,5,11-12,14-15,19-20H2,2-3H3,(H,42,43). The molecule has 45 heavy (non-hydrogen) atoms. The Morgan fingerprint density at radius 1 is 1.13 bits per heavy atom. The molecule has 0 saturated carbocycles. The molecule has 0 radical (unpaired) electrons. The Morgan fingerprint density at radius 2 is 1.96 bits per heavy atom. The summed E-state index contributed by atoms with van der Waals surface area (Å²) in [5, 5.41) is 9.60. The van der Waals surface area contributed by atoms with Crippen LogP contribution < -0.4 is 9.47 Å². The topological polar surface area (TPSA) is 108 Å². The lowest BCUT2D eigenvalue weighted by Gasteiger charge is -2.32. The van der Waals surface area contributed by atoms with Gasteiger partial charge in [-0.15, -0.1) is 6.42 Å². The van der Waals surface area contributed by atoms with E-state index in [0.29, 0.717) is 35.8 Å². The van der Waals surface area contributed by atoms with Gasteiger partial charge in [-0.05, 0) is 69.2 Å². The lowest BCUT2D eigenvalue weighted by Crippen LogP contribution is -2.38. The van der Waals surface area contributed by atoms with Crippen LogP contribution in [0.3, 0.4) is 0 Å². The number of aromatic nitrogens is 5. The van der Waals surface area contributed by atoms with Gasteiger partial charge in [0.05, 0.1) is 47.3 Å². The highest BCUT2D eigenvalue weighted by molar-refractivity contribution is 5.92. The van der Waals surface area contributed by atoms with Crippen molar-refractivity contribution in [3.05, 3.63) is 95.2 Å². The largest absolute Gasteiger partial charge is 0.478 e. The molecule has 2 aromatic carbocycles. The minimum atomic E-state index is -0.973. The molecule has 3 aromatic heterocycles. The molecule has 1 fully saturated rings. The van der Waals surface area contributed by atoms with E-state index in [1.807, 2.05) is 13.1 Å². The molecule has 0 atom stereocenters. The number of fused-ring (bicyclic) bond motifs is 1. The monoisotopic (exact) mass is 608 g/mol. The van der Waals surface area contributed by atoms with E-state index in [1.54, 1.807) is 42.9 Å². The van der Waals surface area contributed by atoms with Gasteiger partial charge in [0, 0.05) is 37.6 Å². The number of pyridine rings is 1. The lowest BCUT2D eigenvalue weighted by molar-refractivity contribution is 0.0697. The molecule has 0 unspecified atom stereocenters. The number of nitrogens with zero attached hydrogens (tertiary/aromatic N) is 6. The number of carbonyl (C=O) groups is 1. The number of benzene rings is 2. The van der Waals surface area contributed by atoms with Gasteiger partial charge in [0.1, 0.15) is 17.7 Å². The second-order valence-electron chi connectivity index (χ2n) is 11.0. The van der Waals surface area contributed by atoms with Gasteiger partial charge in [-0.3, -0.25) is 4.90 Å². The molecule has 1 saturated heterocycles. The van der Waals surface area contributed by atoms with Crippen LogP contribution in [-0.4, -0.2) is 59.3 Å². The highest BCUT2D eigenvalue weighted by Crippen LogP contribution is 2.32. The molecule has 1 aliphatic heterocycles. The number of ether oxygens (including phenoxy) is 2. The third kappa shape index (κ3) is 6.37. The van der Waals surface area contributed by atoms with Gasteiger partial charge in [0.15, 0.2) is 11.6 Å². The summed E-state index contributed by atoms with van der Waals surface area (Å²) in [6, 6.07) is 11.1. The van der Waals surface area contributed by atoms with Crippen LogP contribution in [0.4, 0.5) is 4.39 Å². The fourth-order valence-corrected chi connectivity index (χ4v) is 5.59. The van der Waals surface area contributed by atoms with Crippen LogP contribution in [0, 0.1) is 25.1 Å². The van der Waals surface area contributed by atoms with E-state index >= 15 is 0 Å². The maximum absolute atomic E-state index is 14.5. The fraction of sp³-hybridized carbons (Fsp3) is 0.294. The SMILES string of the molecule is C#Cc1ccc(Oc2ccnc(OC3CCN(Cc4nc5ccc(C(=O)O)cc5n4Cc4cncn4CC)CC3)c2C)c(F)c1. The summed E-state index contributed by atoms with van der Waals surface area (Å²) in [6.07, 6.45) is 12.1. The average Bonchev–Trinajstić information content (AvgIpc) is 3.64. The number of imidazole rings is 2. The second-order valence-corrected chi connectivity index (χ2v) is 11.0. The minimum absolute atomic E-state index is 0.0507. The van der Waals surface area contributed by atoms with Gasteiger partial charge in [-0.2, -0.15) is 0 Å². The number of aromatic carboxylic acids is 1. The molecule has 0 aliphatic carbocycles. The Kier molecular flexibility index (Phi) is 8.49. The second kappa shape index (κ2) is 12.8. The van der Waals surface area contributed by atoms with Crippen molar-refractivity contribution in [3.8, 4) is 29.7 Å². The predicted octanol–water partition coefficient (Wildman–Crippen LogP) is 5.66. The highest BCUT2D eigenvalue weighted by atomic mass is 19.1. The van der Waals surface area contributed by atoms with Crippen molar-refractivity contribution < 1.29 is 23.8 Å². The number of terminal acetylenes is 1. The van der Waals surface area contributed by atoms with Crippen molar-refractivity contribution >= 4 is 17.0 Å². The van der Waals surface area contributed by atoms with E-state index in [2.05, 4.69) is 36.8 Å². The molecule has 1 N–H and O–H groups in total. The van der Waals surface area contributed by atoms with Gasteiger partial charge >= 0.3 is 5.97 Å². The molecule has 0 spiro atoms. The molecule has 6 rings (SSSR count). The number of piperidine rings is 1. The first-order chi connectivity index (χ1) is 21.8. The summed E-state index contributed by atoms with van der Waals surface area (Å²) in [5.41, 5.74) is 3.90. The van der Waals surface area contributed by atoms with Crippen molar-refractivity contribution in [1.82, 2.24) is 29.0 Å². The fourth-order valence-electron chi connectivity index (χ4n) is 5.59. The van der Waals surface area contributed by atoms with E-state index in [9.17, 15) is 14.3 Å². The Balaban J connectivity index is 1.14. The zero-order chi connectivity index (χ0) is 31.5. The van der Waals surface area contributed by atoms with Gasteiger partial charge in [-0.1, -0.05) is 5.92 Å². The smallest absolute Gasteiger partial charge is 0.335 e. The van der Waals surface area contributed by atoms with Crippen LogP contribution in [0.5, 0.6) is 17.4 Å². The third-order valence-corrected chi connectivity index (χ3v) is 8.14. The number of likely N-dealkylation sites (tertiary alicyclic amines) is 1. The van der Waals surface area contributed by atoms with E-state index in [0.717, 1.165) is 55.0 Å². The lowest BCUT2D eigenvalue weighted by atomic mass is 10.1. The molecular weight excluding hydrogens is 575 g/mol. The molecule has 5 aromatic rings. The number of carboxylic acids is 1. The zero-order valence-electron chi connectivity index (χ0n) is 25.1. The van der Waals surface area contributed by atoms with Gasteiger partial charge in [0.25, 0.3) is 0 Å². The highest BCUT2D eigenvalue weighted by Gasteiger charge is 2.25. The van der Waals surface area contributed by atoms with E-state index in [4.69, 9.17) is 20.9 Å². The zero-order valence-corrected chi connectivity index (χ0v) is 25.1. The Hall–Kier alpha value is -5.21. The quantitative estimate of drug-likeness (QED) is 0.203. The third-order valence-electron chi connectivity index (χ3n) is 8.14. The maximum Gasteiger partial charge on any atom is 0.335 e. The number of rotatable bonds is 10. The first-order valence-corrected chi connectivity index (χ1v) is 14.8. The van der Waals surface area contributed by atoms with Crippen molar-refractivity contribution in [2.75, 3.05) is 13.1 Å². The minimum Gasteiger partial charge on any atom is -0.478 e. The van der Waals surface area contributed by atoms with Crippen LogP contribution >= 0.6 is 0 Å². The van der Waals surface area contributed by atoms with Crippen LogP contribution in [0.15, 0.2) is 61.2 Å². The first-order valence-electron chi connectivity index (χ1n) is 14.8. The van der Waals surface area contributed by atoms with Crippen LogP contribution in [0.25, 0.3) is 11.0 Å². The van der Waals surface area contributed by atoms with Crippen molar-refractivity contribution in [1.29, 1.82) is 0 Å². The van der Waals surface area contributed by atoms with Crippen molar-refractivity contribution in [2.45, 2.75) is 52.4 Å². The Bertz CT molecular complexity index is 1900. The summed E-state index contributed by atoms with van der Waals surface area (Å²) < 4.78 is 30.8. The average molecular weight is 609 g/mol. The number of hydrogen-bond donors (Lipinski definition) is 1. The molecule has 4 heterocycles. The molecule has 1 aliphatic rings. The molecule has 10 nitrogen and oxygen atoms in total. The Labute approximate surface area is 260 Å². The maximum atomic E-state index is 14.5. The van der Waals surface area contributed by atoms with Gasteiger partial charge < -0.3 is 23.7 Å². The van der Waals surface area contributed by atoms with Crippen molar-refractivity contribution in [3.63, 3.8) is 0 Å². The van der Waals surface area contributed by atoms with Crippen molar-refractivity contribution in [2.24, 2.45) is 0 Å². The van der Waals surface area contributed by atoms with E-state index in [-0.39, 0.29) is 17.4 Å². The number of aryl methyl sites for hydroxylation is 1. The predicted molar refractivity (Wildman–Crippen MR) is 166 cm³/mol. The molecule has 11 heteroatoms. The van der Waals surface area contributed by atoms with Crippen LogP contribution in [0.1, 0.15) is 52.8 Å². The molecule has 0 amide bonds. The number of halogens is 1. The number of hydrogen-bond acceptors (Lipinski definition) is 7.